The van der Waals surface area contributed by atoms with Crippen LogP contribution in [-0.2, 0) is 22.6 Å². The largest absolute Gasteiger partial charge is 0.497 e. The topological polar surface area (TPSA) is 61.6 Å². The number of hydrogen-bond donors (Lipinski definition) is 0. The van der Waals surface area contributed by atoms with E-state index in [1.165, 1.54) is 18.2 Å². The van der Waals surface area contributed by atoms with Crippen LogP contribution in [0.4, 0.5) is 4.39 Å². The maximum Gasteiger partial charge on any atom is 0.310 e. The number of rotatable bonds is 6. The van der Waals surface area contributed by atoms with Crippen molar-refractivity contribution in [2.45, 2.75) is 13.0 Å². The second-order valence-electron chi connectivity index (χ2n) is 5.45. The molecule has 0 bridgehead atoms. The van der Waals surface area contributed by atoms with Gasteiger partial charge in [0, 0.05) is 22.2 Å². The second-order valence-corrected chi connectivity index (χ2v) is 5.86. The predicted octanol–water partition coefficient (Wildman–Crippen LogP) is 4.43. The van der Waals surface area contributed by atoms with E-state index in [2.05, 4.69) is 5.16 Å². The van der Waals surface area contributed by atoms with Crippen LogP contribution in [0.5, 0.6) is 5.75 Å². The van der Waals surface area contributed by atoms with Crippen molar-refractivity contribution in [3.05, 3.63) is 70.6 Å². The molecule has 7 heteroatoms. The highest BCUT2D eigenvalue weighted by Crippen LogP contribution is 2.24. The summed E-state index contributed by atoms with van der Waals surface area (Å²) in [6.07, 6.45) is -0.255. The first-order valence-corrected chi connectivity index (χ1v) is 8.13. The van der Waals surface area contributed by atoms with Crippen molar-refractivity contribution in [2.75, 3.05) is 7.11 Å². The first-order valence-electron chi connectivity index (χ1n) is 7.75. The van der Waals surface area contributed by atoms with Crippen molar-refractivity contribution >= 4 is 17.6 Å². The third-order valence-electron chi connectivity index (χ3n) is 3.70. The van der Waals surface area contributed by atoms with Crippen molar-refractivity contribution in [1.82, 2.24) is 5.16 Å². The van der Waals surface area contributed by atoms with Gasteiger partial charge in [0.05, 0.1) is 13.5 Å². The van der Waals surface area contributed by atoms with Crippen LogP contribution in [0, 0.1) is 5.82 Å². The number of esters is 1. The summed E-state index contributed by atoms with van der Waals surface area (Å²) in [6.45, 7) is -0.0788. The van der Waals surface area contributed by atoms with Crippen molar-refractivity contribution in [3.8, 4) is 17.1 Å². The van der Waals surface area contributed by atoms with Crippen molar-refractivity contribution in [3.63, 3.8) is 0 Å². The molecule has 0 N–H and O–H groups in total. The molecule has 0 fully saturated rings. The van der Waals surface area contributed by atoms with E-state index >= 15 is 0 Å². The van der Waals surface area contributed by atoms with Crippen molar-refractivity contribution in [1.29, 1.82) is 0 Å². The van der Waals surface area contributed by atoms with E-state index in [9.17, 15) is 9.18 Å². The number of halogens is 2. The molecule has 1 aromatic heterocycles. The van der Waals surface area contributed by atoms with Gasteiger partial charge in [0.2, 0.25) is 0 Å². The number of methoxy groups -OCH3 is 1. The zero-order valence-corrected chi connectivity index (χ0v) is 14.6. The summed E-state index contributed by atoms with van der Waals surface area (Å²) in [5, 5.41) is 4.05. The van der Waals surface area contributed by atoms with Gasteiger partial charge >= 0.3 is 5.97 Å². The van der Waals surface area contributed by atoms with Crippen molar-refractivity contribution in [2.24, 2.45) is 0 Å². The van der Waals surface area contributed by atoms with Crippen molar-refractivity contribution < 1.29 is 23.2 Å². The Labute approximate surface area is 154 Å². The number of aromatic nitrogens is 1. The zero-order chi connectivity index (χ0) is 18.5. The number of ether oxygens (including phenoxy) is 2. The zero-order valence-electron chi connectivity index (χ0n) is 13.9. The maximum absolute atomic E-state index is 13.7. The molecule has 134 valence electrons. The van der Waals surface area contributed by atoms with E-state index < -0.39 is 11.8 Å². The first kappa shape index (κ1) is 17.9. The standard InChI is InChI=1S/C19H15ClFNO4/c1-24-14-7-5-12(6-8-14)18-9-13(22-26-18)11-25-19(23)10-15-16(20)3-2-4-17(15)21/h2-9H,10-11H2,1H3. The predicted molar refractivity (Wildman–Crippen MR) is 93.4 cm³/mol. The van der Waals surface area contributed by atoms with Gasteiger partial charge in [-0.3, -0.25) is 4.79 Å². The summed E-state index contributed by atoms with van der Waals surface area (Å²) in [5.74, 6) is 0.119. The van der Waals surface area contributed by atoms with Gasteiger partial charge < -0.3 is 14.0 Å². The smallest absolute Gasteiger partial charge is 0.310 e. The summed E-state index contributed by atoms with van der Waals surface area (Å²) in [7, 11) is 1.59. The Morgan fingerprint density at radius 2 is 2.00 bits per heavy atom. The van der Waals surface area contributed by atoms with Gasteiger partial charge in [-0.1, -0.05) is 22.8 Å². The summed E-state index contributed by atoms with van der Waals surface area (Å²) >= 11 is 5.90. The average Bonchev–Trinajstić information content (AvgIpc) is 3.12. The van der Waals surface area contributed by atoms with Crippen LogP contribution in [0.1, 0.15) is 11.3 Å². The van der Waals surface area contributed by atoms with Gasteiger partial charge in [-0.25, -0.2) is 4.39 Å². The minimum absolute atomic E-state index is 0.0788. The lowest BCUT2D eigenvalue weighted by Gasteiger charge is -2.05. The molecule has 0 radical (unpaired) electrons. The van der Waals surface area contributed by atoms with Crippen LogP contribution < -0.4 is 4.74 Å². The lowest BCUT2D eigenvalue weighted by Crippen LogP contribution is -2.09. The SMILES string of the molecule is COc1ccc(-c2cc(COC(=O)Cc3c(F)cccc3Cl)no2)cc1. The molecule has 0 aliphatic carbocycles. The van der Waals surface area contributed by atoms with E-state index in [0.717, 1.165) is 11.3 Å². The van der Waals surface area contributed by atoms with E-state index in [1.807, 2.05) is 12.1 Å². The molecule has 0 aliphatic heterocycles. The molecule has 0 amide bonds. The molecule has 0 aliphatic rings. The van der Waals surface area contributed by atoms with Crippen LogP contribution in [-0.4, -0.2) is 18.2 Å². The fourth-order valence-corrected chi connectivity index (χ4v) is 2.55. The molecule has 5 nitrogen and oxygen atoms in total. The molecule has 0 atom stereocenters. The fourth-order valence-electron chi connectivity index (χ4n) is 2.32. The Bertz CT molecular complexity index is 888. The average molecular weight is 376 g/mol. The van der Waals surface area contributed by atoms with Gasteiger partial charge in [-0.2, -0.15) is 0 Å². The monoisotopic (exact) mass is 375 g/mol. The molecular formula is C19H15ClFNO4. The number of benzene rings is 2. The van der Waals surface area contributed by atoms with E-state index in [-0.39, 0.29) is 23.6 Å². The summed E-state index contributed by atoms with van der Waals surface area (Å²) in [4.78, 5) is 11.9. The van der Waals surface area contributed by atoms with E-state index in [0.29, 0.717) is 11.5 Å². The number of carbonyl (C=O) groups is 1. The van der Waals surface area contributed by atoms with Crippen LogP contribution in [0.25, 0.3) is 11.3 Å². The summed E-state index contributed by atoms with van der Waals surface area (Å²) in [5.41, 5.74) is 1.37. The minimum atomic E-state index is -0.606. The van der Waals surface area contributed by atoms with Crippen LogP contribution in [0.15, 0.2) is 53.1 Å². The molecule has 0 saturated carbocycles. The highest BCUT2D eigenvalue weighted by Gasteiger charge is 2.14. The van der Waals surface area contributed by atoms with E-state index in [1.54, 1.807) is 25.3 Å². The highest BCUT2D eigenvalue weighted by molar-refractivity contribution is 6.31. The number of carbonyl (C=O) groups excluding carboxylic acids is 1. The van der Waals surface area contributed by atoms with Gasteiger partial charge in [-0.05, 0) is 36.4 Å². The Kier molecular flexibility index (Phi) is 5.53. The molecule has 1 heterocycles. The molecule has 26 heavy (non-hydrogen) atoms. The maximum atomic E-state index is 13.7. The second kappa shape index (κ2) is 8.01. The number of nitrogens with zero attached hydrogens (tertiary/aromatic N) is 1. The third-order valence-corrected chi connectivity index (χ3v) is 4.05. The lowest BCUT2D eigenvalue weighted by atomic mass is 10.1. The molecule has 3 rings (SSSR count). The minimum Gasteiger partial charge on any atom is -0.497 e. The third kappa shape index (κ3) is 4.21. The van der Waals surface area contributed by atoms with E-state index in [4.69, 9.17) is 25.6 Å². The molecule has 0 unspecified atom stereocenters. The highest BCUT2D eigenvalue weighted by atomic mass is 35.5. The molecule has 0 saturated heterocycles. The Morgan fingerprint density at radius 1 is 1.23 bits per heavy atom. The molecule has 2 aromatic carbocycles. The summed E-state index contributed by atoms with van der Waals surface area (Å²) < 4.78 is 29.2. The quantitative estimate of drug-likeness (QED) is 0.596. The Hall–Kier alpha value is -2.86. The van der Waals surface area contributed by atoms with Crippen LogP contribution in [0.3, 0.4) is 0 Å². The normalized spacial score (nSPS) is 10.6. The van der Waals surface area contributed by atoms with Crippen LogP contribution >= 0.6 is 11.6 Å². The fraction of sp³-hybridized carbons (Fsp3) is 0.158. The first-order chi connectivity index (χ1) is 12.6. The molecular weight excluding hydrogens is 361 g/mol. The summed E-state index contributed by atoms with van der Waals surface area (Å²) in [6, 6.07) is 13.2. The van der Waals surface area contributed by atoms with Gasteiger partial charge in [-0.15, -0.1) is 0 Å². The Balaban J connectivity index is 1.60. The van der Waals surface area contributed by atoms with Gasteiger partial charge in [0.1, 0.15) is 23.9 Å². The Morgan fingerprint density at radius 3 is 2.69 bits per heavy atom. The van der Waals surface area contributed by atoms with Gasteiger partial charge in [0.25, 0.3) is 0 Å². The lowest BCUT2D eigenvalue weighted by molar-refractivity contribution is -0.144. The number of hydrogen-bond acceptors (Lipinski definition) is 5. The van der Waals surface area contributed by atoms with Gasteiger partial charge in [0.15, 0.2) is 5.76 Å². The molecule has 0 spiro atoms. The molecule has 3 aromatic rings. The van der Waals surface area contributed by atoms with Crippen LogP contribution in [0.2, 0.25) is 5.02 Å².